The molecule has 104 valence electrons. The Morgan fingerprint density at radius 2 is 1.65 bits per heavy atom. The van der Waals surface area contributed by atoms with Crippen molar-refractivity contribution in [1.29, 1.82) is 0 Å². The number of hydrogen-bond donors (Lipinski definition) is 0. The van der Waals surface area contributed by atoms with Gasteiger partial charge in [0.15, 0.2) is 0 Å². The Balaban J connectivity index is 2.31. The van der Waals surface area contributed by atoms with Gasteiger partial charge in [-0.1, -0.05) is 50.2 Å². The van der Waals surface area contributed by atoms with E-state index in [1.165, 1.54) is 0 Å². The highest BCUT2D eigenvalue weighted by Gasteiger charge is 2.36. The van der Waals surface area contributed by atoms with E-state index >= 15 is 0 Å². The van der Waals surface area contributed by atoms with Gasteiger partial charge in [-0.05, 0) is 30.5 Å². The highest BCUT2D eigenvalue weighted by atomic mass is 16.1. The number of benzene rings is 1. The van der Waals surface area contributed by atoms with E-state index < -0.39 is 5.41 Å². The highest BCUT2D eigenvalue weighted by Crippen LogP contribution is 2.33. The SMILES string of the molecule is CCC(CC)(C(=O)Cc1ccccn1)c1ccccc1. The van der Waals surface area contributed by atoms with Crippen LogP contribution in [0.25, 0.3) is 0 Å². The third kappa shape index (κ3) is 2.79. The van der Waals surface area contributed by atoms with Crippen LogP contribution < -0.4 is 0 Å². The fourth-order valence-corrected chi connectivity index (χ4v) is 2.81. The van der Waals surface area contributed by atoms with Gasteiger partial charge in [-0.2, -0.15) is 0 Å². The van der Waals surface area contributed by atoms with Gasteiger partial charge in [0.2, 0.25) is 0 Å². The summed E-state index contributed by atoms with van der Waals surface area (Å²) < 4.78 is 0. The zero-order chi connectivity index (χ0) is 14.4. The van der Waals surface area contributed by atoms with E-state index in [9.17, 15) is 4.79 Å². The molecule has 0 saturated carbocycles. The Labute approximate surface area is 120 Å². The van der Waals surface area contributed by atoms with Crippen molar-refractivity contribution in [3.63, 3.8) is 0 Å². The lowest BCUT2D eigenvalue weighted by molar-refractivity contribution is -0.124. The van der Waals surface area contributed by atoms with Gasteiger partial charge < -0.3 is 0 Å². The molecule has 0 spiro atoms. The van der Waals surface area contributed by atoms with E-state index in [1.54, 1.807) is 6.20 Å². The van der Waals surface area contributed by atoms with Crippen LogP contribution >= 0.6 is 0 Å². The second-order valence-corrected chi connectivity index (χ2v) is 5.08. The Hall–Kier alpha value is -1.96. The predicted octanol–water partition coefficient (Wildman–Crippen LogP) is 3.95. The average Bonchev–Trinajstić information content (AvgIpc) is 2.51. The van der Waals surface area contributed by atoms with E-state index in [0.717, 1.165) is 24.1 Å². The molecule has 0 bridgehead atoms. The van der Waals surface area contributed by atoms with E-state index in [-0.39, 0.29) is 5.78 Å². The van der Waals surface area contributed by atoms with Crippen molar-refractivity contribution >= 4 is 5.78 Å². The molecule has 0 fully saturated rings. The minimum absolute atomic E-state index is 0.257. The largest absolute Gasteiger partial charge is 0.298 e. The topological polar surface area (TPSA) is 30.0 Å². The third-order valence-corrected chi connectivity index (χ3v) is 4.14. The van der Waals surface area contributed by atoms with Crippen LogP contribution in [0.3, 0.4) is 0 Å². The molecule has 0 saturated heterocycles. The fourth-order valence-electron chi connectivity index (χ4n) is 2.81. The van der Waals surface area contributed by atoms with E-state index in [0.29, 0.717) is 6.42 Å². The van der Waals surface area contributed by atoms with E-state index in [4.69, 9.17) is 0 Å². The number of aromatic nitrogens is 1. The monoisotopic (exact) mass is 267 g/mol. The molecule has 1 aromatic heterocycles. The molecule has 2 aromatic rings. The number of nitrogens with zero attached hydrogens (tertiary/aromatic N) is 1. The maximum atomic E-state index is 12.9. The summed E-state index contributed by atoms with van der Waals surface area (Å²) in [6.45, 7) is 4.18. The van der Waals surface area contributed by atoms with Gasteiger partial charge >= 0.3 is 0 Å². The molecule has 0 amide bonds. The van der Waals surface area contributed by atoms with E-state index in [1.807, 2.05) is 36.4 Å². The molecule has 0 N–H and O–H groups in total. The molecule has 0 aliphatic rings. The standard InChI is InChI=1S/C18H21NO/c1-3-18(4-2,15-10-6-5-7-11-15)17(20)14-16-12-8-9-13-19-16/h5-13H,3-4,14H2,1-2H3. The Bertz CT molecular complexity index is 544. The van der Waals surface area contributed by atoms with Gasteiger partial charge in [-0.15, -0.1) is 0 Å². The molecule has 0 aliphatic heterocycles. The normalized spacial score (nSPS) is 11.3. The number of pyridine rings is 1. The smallest absolute Gasteiger partial charge is 0.149 e. The number of carbonyl (C=O) groups excluding carboxylic acids is 1. The van der Waals surface area contributed by atoms with Crippen molar-refractivity contribution in [2.45, 2.75) is 38.5 Å². The van der Waals surface area contributed by atoms with Crippen molar-refractivity contribution in [3.8, 4) is 0 Å². The van der Waals surface area contributed by atoms with Gasteiger partial charge in [-0.3, -0.25) is 9.78 Å². The lowest BCUT2D eigenvalue weighted by Gasteiger charge is -2.30. The lowest BCUT2D eigenvalue weighted by Crippen LogP contribution is -2.36. The number of ketones is 1. The van der Waals surface area contributed by atoms with Crippen LogP contribution in [0, 0.1) is 0 Å². The van der Waals surface area contributed by atoms with Crippen LogP contribution in [0.2, 0.25) is 0 Å². The zero-order valence-corrected chi connectivity index (χ0v) is 12.2. The number of Topliss-reactive ketones (excluding diaryl/α,β-unsaturated/α-hetero) is 1. The first-order chi connectivity index (χ1) is 9.73. The molecule has 1 aromatic carbocycles. The Morgan fingerprint density at radius 1 is 1.00 bits per heavy atom. The molecular weight excluding hydrogens is 246 g/mol. The van der Waals surface area contributed by atoms with Crippen LogP contribution in [0.5, 0.6) is 0 Å². The first-order valence-electron chi connectivity index (χ1n) is 7.21. The molecule has 1 heterocycles. The summed E-state index contributed by atoms with van der Waals surface area (Å²) in [6.07, 6.45) is 3.78. The molecule has 0 atom stereocenters. The van der Waals surface area contributed by atoms with Crippen molar-refractivity contribution < 1.29 is 4.79 Å². The summed E-state index contributed by atoms with van der Waals surface area (Å²) in [5.41, 5.74) is 1.57. The Kier molecular flexibility index (Phi) is 4.67. The summed E-state index contributed by atoms with van der Waals surface area (Å²) >= 11 is 0. The van der Waals surface area contributed by atoms with Crippen LogP contribution in [0.1, 0.15) is 37.9 Å². The molecule has 2 heteroatoms. The first-order valence-corrected chi connectivity index (χ1v) is 7.21. The molecule has 2 nitrogen and oxygen atoms in total. The van der Waals surface area contributed by atoms with Crippen LogP contribution in [-0.2, 0) is 16.6 Å². The maximum Gasteiger partial charge on any atom is 0.149 e. The van der Waals surface area contributed by atoms with Gasteiger partial charge in [0.25, 0.3) is 0 Å². The van der Waals surface area contributed by atoms with Gasteiger partial charge in [0, 0.05) is 18.3 Å². The number of carbonyl (C=O) groups is 1. The second-order valence-electron chi connectivity index (χ2n) is 5.08. The number of rotatable bonds is 6. The maximum absolute atomic E-state index is 12.9. The summed E-state index contributed by atoms with van der Waals surface area (Å²) in [7, 11) is 0. The average molecular weight is 267 g/mol. The Morgan fingerprint density at radius 3 is 2.20 bits per heavy atom. The van der Waals surface area contributed by atoms with Crippen molar-refractivity contribution in [3.05, 3.63) is 66.0 Å². The first kappa shape index (κ1) is 14.4. The van der Waals surface area contributed by atoms with Gasteiger partial charge in [0.1, 0.15) is 5.78 Å². The van der Waals surface area contributed by atoms with Crippen LogP contribution in [-0.4, -0.2) is 10.8 Å². The van der Waals surface area contributed by atoms with Crippen molar-refractivity contribution in [2.75, 3.05) is 0 Å². The third-order valence-electron chi connectivity index (χ3n) is 4.14. The van der Waals surface area contributed by atoms with Crippen LogP contribution in [0.15, 0.2) is 54.7 Å². The summed E-state index contributed by atoms with van der Waals surface area (Å²) in [6, 6.07) is 15.8. The second kappa shape index (κ2) is 6.47. The molecule has 0 radical (unpaired) electrons. The van der Waals surface area contributed by atoms with Crippen molar-refractivity contribution in [2.24, 2.45) is 0 Å². The molecule has 0 aliphatic carbocycles. The van der Waals surface area contributed by atoms with Gasteiger partial charge in [0.05, 0.1) is 5.41 Å². The highest BCUT2D eigenvalue weighted by molar-refractivity contribution is 5.91. The molecule has 0 unspecified atom stereocenters. The van der Waals surface area contributed by atoms with E-state index in [2.05, 4.69) is 31.0 Å². The summed E-state index contributed by atoms with van der Waals surface area (Å²) in [5.74, 6) is 0.257. The van der Waals surface area contributed by atoms with Crippen LogP contribution in [0.4, 0.5) is 0 Å². The lowest BCUT2D eigenvalue weighted by atomic mass is 9.71. The molecule has 20 heavy (non-hydrogen) atoms. The zero-order valence-electron chi connectivity index (χ0n) is 12.2. The molecular formula is C18H21NO. The fraction of sp³-hybridized carbons (Fsp3) is 0.333. The summed E-state index contributed by atoms with van der Waals surface area (Å²) in [5, 5.41) is 0. The molecule has 2 rings (SSSR count). The predicted molar refractivity (Wildman–Crippen MR) is 81.7 cm³/mol. The quantitative estimate of drug-likeness (QED) is 0.793. The minimum Gasteiger partial charge on any atom is -0.298 e. The number of hydrogen-bond acceptors (Lipinski definition) is 2. The van der Waals surface area contributed by atoms with Gasteiger partial charge in [-0.25, -0.2) is 0 Å². The van der Waals surface area contributed by atoms with Crippen molar-refractivity contribution in [1.82, 2.24) is 4.98 Å². The minimum atomic E-state index is -0.390. The summed E-state index contributed by atoms with van der Waals surface area (Å²) in [4.78, 5) is 17.1.